The van der Waals surface area contributed by atoms with E-state index >= 15 is 0 Å². The maximum absolute atomic E-state index is 13.2. The Balaban J connectivity index is 1.42. The zero-order valence-corrected chi connectivity index (χ0v) is 18.9. The predicted octanol–water partition coefficient (Wildman–Crippen LogP) is 1.59. The molecule has 176 valence electrons. The summed E-state index contributed by atoms with van der Waals surface area (Å²) in [6, 6.07) is 6.08. The summed E-state index contributed by atoms with van der Waals surface area (Å²) < 4.78 is 5.34. The molecule has 9 heteroatoms. The average Bonchev–Trinajstić information content (AvgIpc) is 3.49. The second-order valence-electron chi connectivity index (χ2n) is 8.91. The van der Waals surface area contributed by atoms with Gasteiger partial charge in [0.1, 0.15) is 5.76 Å². The first-order valence-electron chi connectivity index (χ1n) is 11.4. The Hall–Kier alpha value is -3.88. The number of allylic oxidation sites excluding steroid dienone is 1. The molecule has 1 atom stereocenters. The molecule has 5 amide bonds. The number of nitrogens with one attached hydrogen (secondary N) is 2. The number of urea groups is 1. The molecule has 9 nitrogen and oxygen atoms in total. The molecule has 34 heavy (non-hydrogen) atoms. The number of benzene rings is 1. The number of methoxy groups -OCH3 is 1. The summed E-state index contributed by atoms with van der Waals surface area (Å²) in [5.41, 5.74) is 0.941. The molecule has 3 aliphatic heterocycles. The van der Waals surface area contributed by atoms with Gasteiger partial charge < -0.3 is 19.9 Å². The van der Waals surface area contributed by atoms with Gasteiger partial charge in [0.15, 0.2) is 5.54 Å². The molecule has 0 bridgehead atoms. The van der Waals surface area contributed by atoms with Gasteiger partial charge in [0.2, 0.25) is 0 Å². The molecule has 1 aromatic rings. The van der Waals surface area contributed by atoms with Gasteiger partial charge in [0, 0.05) is 37.2 Å². The van der Waals surface area contributed by atoms with Crippen LogP contribution in [0, 0.1) is 0 Å². The molecule has 3 heterocycles. The lowest BCUT2D eigenvalue weighted by Crippen LogP contribution is -2.53. The second-order valence-corrected chi connectivity index (χ2v) is 8.91. The number of nitrogens with zero attached hydrogens (tertiary/aromatic N) is 2. The molecule has 5 rings (SSSR count). The molecule has 0 spiro atoms. The number of hydrogen-bond acceptors (Lipinski definition) is 5. The van der Waals surface area contributed by atoms with Crippen molar-refractivity contribution in [2.45, 2.75) is 24.8 Å². The van der Waals surface area contributed by atoms with E-state index in [0.717, 1.165) is 31.5 Å². The number of amides is 5. The third-order valence-electron chi connectivity index (χ3n) is 6.82. The molecule has 2 N–H and O–H groups in total. The highest BCUT2D eigenvalue weighted by atomic mass is 16.5. The number of ether oxygens (including phenoxy) is 1. The van der Waals surface area contributed by atoms with Crippen LogP contribution in [0.3, 0.4) is 0 Å². The summed E-state index contributed by atoms with van der Waals surface area (Å²) in [6.07, 6.45) is 8.16. The Labute approximate surface area is 197 Å². The van der Waals surface area contributed by atoms with Crippen LogP contribution in [0.5, 0.6) is 0 Å². The fraction of sp³-hybridized carbons (Fsp3) is 0.360. The first kappa shape index (κ1) is 21.9. The lowest BCUT2D eigenvalue weighted by atomic mass is 9.88. The normalized spacial score (nSPS) is 24.1. The van der Waals surface area contributed by atoms with Crippen LogP contribution in [0.4, 0.5) is 4.79 Å². The maximum Gasteiger partial charge on any atom is 0.322 e. The molecule has 2 saturated heterocycles. The van der Waals surface area contributed by atoms with Crippen molar-refractivity contribution in [2.75, 3.05) is 33.3 Å². The summed E-state index contributed by atoms with van der Waals surface area (Å²) in [5.74, 6) is -0.135. The topological polar surface area (TPSA) is 108 Å². The number of carbonyl (C=O) groups excluding carboxylic acids is 4. The summed E-state index contributed by atoms with van der Waals surface area (Å²) in [4.78, 5) is 54.5. The van der Waals surface area contributed by atoms with Gasteiger partial charge in [-0.15, -0.1) is 0 Å². The first-order valence-corrected chi connectivity index (χ1v) is 11.4. The zero-order chi connectivity index (χ0) is 23.9. The zero-order valence-electron chi connectivity index (χ0n) is 18.9. The van der Waals surface area contributed by atoms with Crippen LogP contribution in [0.2, 0.25) is 0 Å². The van der Waals surface area contributed by atoms with Crippen LogP contribution >= 0.6 is 0 Å². The largest absolute Gasteiger partial charge is 0.501 e. The Morgan fingerprint density at radius 3 is 2.50 bits per heavy atom. The van der Waals surface area contributed by atoms with Crippen LogP contribution in [-0.4, -0.2) is 66.8 Å². The molecule has 0 saturated carbocycles. The van der Waals surface area contributed by atoms with Gasteiger partial charge in [0.25, 0.3) is 17.7 Å². The third-order valence-corrected chi connectivity index (χ3v) is 6.82. The van der Waals surface area contributed by atoms with Crippen molar-refractivity contribution in [1.29, 1.82) is 0 Å². The number of rotatable bonds is 5. The SMILES string of the molecule is COC1=CC2=C(C=CC1)CN(CC1(c3ccc(C(=O)N4CCCC4)cc3)NC(=O)NC1=O)C2=O. The lowest BCUT2D eigenvalue weighted by Gasteiger charge is -2.31. The van der Waals surface area contributed by atoms with Crippen molar-refractivity contribution in [3.63, 3.8) is 0 Å². The highest BCUT2D eigenvalue weighted by molar-refractivity contribution is 6.08. The monoisotopic (exact) mass is 462 g/mol. The highest BCUT2D eigenvalue weighted by Gasteiger charge is 2.50. The predicted molar refractivity (Wildman–Crippen MR) is 122 cm³/mol. The standard InChI is InChI=1S/C25H26N4O5/c1-34-19-6-4-5-17-14-29(22(31)20(17)13-19)15-25(23(32)26-24(33)27-25)18-9-7-16(8-10-18)21(30)28-11-2-3-12-28/h4-5,7-10,13H,2-3,6,11-12,14-15H2,1H3,(H2,26,27,32,33). The van der Waals surface area contributed by atoms with Crippen LogP contribution in [0.1, 0.15) is 35.2 Å². The number of carbonyl (C=O) groups is 4. The van der Waals surface area contributed by atoms with E-state index in [1.54, 1.807) is 42.4 Å². The fourth-order valence-electron chi connectivity index (χ4n) is 4.96. The van der Waals surface area contributed by atoms with E-state index in [1.165, 1.54) is 0 Å². The van der Waals surface area contributed by atoms with E-state index in [4.69, 9.17) is 4.74 Å². The quantitative estimate of drug-likeness (QED) is 0.646. The smallest absolute Gasteiger partial charge is 0.322 e. The Bertz CT molecular complexity index is 1160. The summed E-state index contributed by atoms with van der Waals surface area (Å²) in [5, 5.41) is 5.04. The number of hydrogen-bond donors (Lipinski definition) is 2. The minimum Gasteiger partial charge on any atom is -0.501 e. The third kappa shape index (κ3) is 3.67. The van der Waals surface area contributed by atoms with Gasteiger partial charge in [0.05, 0.1) is 13.7 Å². The maximum atomic E-state index is 13.2. The van der Waals surface area contributed by atoms with E-state index < -0.39 is 17.5 Å². The molecular formula is C25H26N4O5. The molecule has 1 aliphatic carbocycles. The van der Waals surface area contributed by atoms with Crippen LogP contribution in [0.15, 0.2) is 59.4 Å². The van der Waals surface area contributed by atoms with Crippen molar-refractivity contribution in [2.24, 2.45) is 0 Å². The summed E-state index contributed by atoms with van der Waals surface area (Å²) in [7, 11) is 1.56. The van der Waals surface area contributed by atoms with Crippen LogP contribution in [-0.2, 0) is 19.9 Å². The van der Waals surface area contributed by atoms with Crippen molar-refractivity contribution in [1.82, 2.24) is 20.4 Å². The van der Waals surface area contributed by atoms with Crippen molar-refractivity contribution < 1.29 is 23.9 Å². The van der Waals surface area contributed by atoms with Gasteiger partial charge in [-0.25, -0.2) is 4.79 Å². The van der Waals surface area contributed by atoms with Crippen molar-refractivity contribution in [3.8, 4) is 0 Å². The fourth-order valence-corrected chi connectivity index (χ4v) is 4.96. The minimum atomic E-state index is -1.45. The lowest BCUT2D eigenvalue weighted by molar-refractivity contribution is -0.129. The van der Waals surface area contributed by atoms with Gasteiger partial charge in [-0.05, 0) is 42.2 Å². The van der Waals surface area contributed by atoms with E-state index in [2.05, 4.69) is 10.6 Å². The van der Waals surface area contributed by atoms with Gasteiger partial charge in [-0.2, -0.15) is 0 Å². The van der Waals surface area contributed by atoms with Gasteiger partial charge in [-0.3, -0.25) is 19.7 Å². The van der Waals surface area contributed by atoms with Crippen LogP contribution in [0.25, 0.3) is 0 Å². The molecule has 4 aliphatic rings. The Kier molecular flexibility index (Phi) is 5.47. The van der Waals surface area contributed by atoms with E-state index in [0.29, 0.717) is 35.4 Å². The van der Waals surface area contributed by atoms with Crippen molar-refractivity contribution >= 4 is 23.8 Å². The molecular weight excluding hydrogens is 436 g/mol. The van der Waals surface area contributed by atoms with Crippen LogP contribution < -0.4 is 10.6 Å². The molecule has 0 aromatic heterocycles. The van der Waals surface area contributed by atoms with E-state index in [-0.39, 0.29) is 18.4 Å². The Morgan fingerprint density at radius 2 is 1.85 bits per heavy atom. The van der Waals surface area contributed by atoms with Crippen molar-refractivity contribution in [3.05, 3.63) is 70.5 Å². The highest BCUT2D eigenvalue weighted by Crippen LogP contribution is 2.32. The Morgan fingerprint density at radius 1 is 1.12 bits per heavy atom. The van der Waals surface area contributed by atoms with Gasteiger partial charge in [-0.1, -0.05) is 24.3 Å². The molecule has 2 fully saturated rings. The number of imide groups is 1. The number of likely N-dealkylation sites (tertiary alicyclic amines) is 1. The average molecular weight is 463 g/mol. The van der Waals surface area contributed by atoms with Gasteiger partial charge >= 0.3 is 6.03 Å². The minimum absolute atomic E-state index is 0.0418. The summed E-state index contributed by atoms with van der Waals surface area (Å²) >= 11 is 0. The molecule has 1 aromatic carbocycles. The van der Waals surface area contributed by atoms with E-state index in [1.807, 2.05) is 17.1 Å². The molecule has 0 radical (unpaired) electrons. The first-order chi connectivity index (χ1) is 16.4. The summed E-state index contributed by atoms with van der Waals surface area (Å²) in [6.45, 7) is 1.76. The van der Waals surface area contributed by atoms with E-state index in [9.17, 15) is 19.2 Å². The second kappa shape index (κ2) is 8.48. The molecule has 1 unspecified atom stereocenters.